The second-order valence-electron chi connectivity index (χ2n) is 2.58. The van der Waals surface area contributed by atoms with Gasteiger partial charge in [0, 0.05) is 12.8 Å². The number of hydrogen-bond donors (Lipinski definition) is 2. The summed E-state index contributed by atoms with van der Waals surface area (Å²) >= 11 is 0. The third-order valence-corrected chi connectivity index (χ3v) is 1.51. The van der Waals surface area contributed by atoms with E-state index < -0.39 is 0 Å². The molecule has 2 nitrogen and oxygen atoms in total. The summed E-state index contributed by atoms with van der Waals surface area (Å²) in [5.74, 6) is 10.9. The molecule has 72 valence electrons. The van der Waals surface area contributed by atoms with E-state index in [0.29, 0.717) is 0 Å². The monoisotopic (exact) mass is 180 g/mol. The maximum absolute atomic E-state index is 8.35. The van der Waals surface area contributed by atoms with Gasteiger partial charge in [-0.2, -0.15) is 0 Å². The zero-order valence-corrected chi connectivity index (χ0v) is 7.84. The molecule has 0 saturated carbocycles. The average Bonchev–Trinajstić information content (AvgIpc) is 2.16. The van der Waals surface area contributed by atoms with Gasteiger partial charge in [-0.15, -0.1) is 11.8 Å². The first kappa shape index (κ1) is 12.0. The molecule has 0 aliphatic heterocycles. The smallest absolute Gasteiger partial charge is 0.104 e. The van der Waals surface area contributed by atoms with Gasteiger partial charge in [-0.25, -0.2) is 0 Å². The summed E-state index contributed by atoms with van der Waals surface area (Å²) in [6, 6.07) is 0. The van der Waals surface area contributed by atoms with E-state index in [-0.39, 0.29) is 13.2 Å². The Morgan fingerprint density at radius 1 is 0.615 bits per heavy atom. The standard InChI is InChI=1S/C11H16O2/c12-10-8-6-4-2-1-3-5-7-9-11-13/h12-13H,1-5,10-11H2. The van der Waals surface area contributed by atoms with Crippen LogP contribution < -0.4 is 0 Å². The SMILES string of the molecule is OCC#CCCCCCC#CCO. The van der Waals surface area contributed by atoms with E-state index >= 15 is 0 Å². The molecule has 0 aliphatic carbocycles. The molecule has 0 heterocycles. The molecule has 0 aromatic rings. The molecule has 0 amide bonds. The minimum atomic E-state index is -0.0397. The average molecular weight is 180 g/mol. The van der Waals surface area contributed by atoms with Gasteiger partial charge in [-0.1, -0.05) is 18.3 Å². The molecule has 0 aromatic heterocycles. The maximum Gasteiger partial charge on any atom is 0.104 e. The molecule has 0 spiro atoms. The first-order chi connectivity index (χ1) is 6.41. The Morgan fingerprint density at radius 3 is 1.46 bits per heavy atom. The zero-order chi connectivity index (χ0) is 9.78. The maximum atomic E-state index is 8.35. The first-order valence-electron chi connectivity index (χ1n) is 4.55. The van der Waals surface area contributed by atoms with Crippen molar-refractivity contribution in [1.29, 1.82) is 0 Å². The number of hydrogen-bond acceptors (Lipinski definition) is 2. The van der Waals surface area contributed by atoms with E-state index in [9.17, 15) is 0 Å². The van der Waals surface area contributed by atoms with Gasteiger partial charge in [0.2, 0.25) is 0 Å². The molecule has 0 atom stereocenters. The van der Waals surface area contributed by atoms with Crippen LogP contribution >= 0.6 is 0 Å². The number of aliphatic hydroxyl groups excluding tert-OH is 2. The van der Waals surface area contributed by atoms with E-state index in [1.54, 1.807) is 0 Å². The van der Waals surface area contributed by atoms with Crippen molar-refractivity contribution in [3.63, 3.8) is 0 Å². The summed E-state index contributed by atoms with van der Waals surface area (Å²) in [5, 5.41) is 16.7. The lowest BCUT2D eigenvalue weighted by Gasteiger charge is -1.91. The van der Waals surface area contributed by atoms with Gasteiger partial charge in [-0.3, -0.25) is 0 Å². The van der Waals surface area contributed by atoms with Crippen LogP contribution in [0.15, 0.2) is 0 Å². The summed E-state index contributed by atoms with van der Waals surface area (Å²) in [6.45, 7) is -0.0794. The van der Waals surface area contributed by atoms with Crippen LogP contribution in [-0.4, -0.2) is 23.4 Å². The van der Waals surface area contributed by atoms with Gasteiger partial charge in [0.05, 0.1) is 0 Å². The highest BCUT2D eigenvalue weighted by atomic mass is 16.3. The molecular weight excluding hydrogens is 164 g/mol. The summed E-state index contributed by atoms with van der Waals surface area (Å²) < 4.78 is 0. The molecule has 2 N–H and O–H groups in total. The topological polar surface area (TPSA) is 40.5 Å². The number of rotatable bonds is 4. The summed E-state index contributed by atoms with van der Waals surface area (Å²) in [7, 11) is 0. The predicted molar refractivity (Wildman–Crippen MR) is 52.8 cm³/mol. The second kappa shape index (κ2) is 11.0. The lowest BCUT2D eigenvalue weighted by Crippen LogP contribution is -1.78. The highest BCUT2D eigenvalue weighted by molar-refractivity contribution is 4.99. The summed E-state index contributed by atoms with van der Waals surface area (Å²) in [4.78, 5) is 0. The van der Waals surface area contributed by atoms with Crippen molar-refractivity contribution in [3.8, 4) is 23.7 Å². The molecule has 0 aromatic carbocycles. The molecule has 0 fully saturated rings. The molecular formula is C11H16O2. The fourth-order valence-electron chi connectivity index (χ4n) is 0.892. The van der Waals surface area contributed by atoms with E-state index in [1.165, 1.54) is 0 Å². The fourth-order valence-corrected chi connectivity index (χ4v) is 0.892. The van der Waals surface area contributed by atoms with Crippen LogP contribution in [0.25, 0.3) is 0 Å². The largest absolute Gasteiger partial charge is 0.384 e. The molecule has 0 bridgehead atoms. The Labute approximate surface area is 80.0 Å². The molecule has 0 unspecified atom stereocenters. The Balaban J connectivity index is 3.08. The molecule has 0 rings (SSSR count). The van der Waals surface area contributed by atoms with E-state index in [0.717, 1.165) is 32.1 Å². The van der Waals surface area contributed by atoms with Crippen molar-refractivity contribution in [2.45, 2.75) is 32.1 Å². The Kier molecular flexibility index (Phi) is 10.2. The highest BCUT2D eigenvalue weighted by Gasteiger charge is 1.84. The summed E-state index contributed by atoms with van der Waals surface area (Å²) in [5.41, 5.74) is 0. The van der Waals surface area contributed by atoms with E-state index in [4.69, 9.17) is 10.2 Å². The van der Waals surface area contributed by atoms with Crippen LogP contribution in [0.5, 0.6) is 0 Å². The zero-order valence-electron chi connectivity index (χ0n) is 7.84. The quantitative estimate of drug-likeness (QED) is 0.499. The number of unbranched alkanes of at least 4 members (excludes halogenated alkanes) is 4. The van der Waals surface area contributed by atoms with Crippen molar-refractivity contribution >= 4 is 0 Å². The Bertz CT molecular complexity index is 188. The van der Waals surface area contributed by atoms with Crippen LogP contribution in [-0.2, 0) is 0 Å². The van der Waals surface area contributed by atoms with Crippen molar-refractivity contribution in [2.75, 3.05) is 13.2 Å². The van der Waals surface area contributed by atoms with Gasteiger partial charge >= 0.3 is 0 Å². The van der Waals surface area contributed by atoms with Crippen molar-refractivity contribution in [1.82, 2.24) is 0 Å². The summed E-state index contributed by atoms with van der Waals surface area (Å²) in [6.07, 6.45) is 4.95. The van der Waals surface area contributed by atoms with Crippen LogP contribution in [0.3, 0.4) is 0 Å². The van der Waals surface area contributed by atoms with Crippen molar-refractivity contribution in [2.24, 2.45) is 0 Å². The predicted octanol–water partition coefficient (Wildman–Crippen LogP) is 0.928. The lowest BCUT2D eigenvalue weighted by atomic mass is 10.1. The minimum Gasteiger partial charge on any atom is -0.384 e. The van der Waals surface area contributed by atoms with E-state index in [1.807, 2.05) is 0 Å². The van der Waals surface area contributed by atoms with Crippen LogP contribution in [0.1, 0.15) is 32.1 Å². The Hall–Kier alpha value is -0.960. The number of aliphatic hydroxyl groups is 2. The van der Waals surface area contributed by atoms with Gasteiger partial charge in [-0.05, 0) is 12.8 Å². The van der Waals surface area contributed by atoms with Crippen LogP contribution in [0.2, 0.25) is 0 Å². The van der Waals surface area contributed by atoms with Crippen LogP contribution in [0.4, 0.5) is 0 Å². The van der Waals surface area contributed by atoms with Crippen molar-refractivity contribution < 1.29 is 10.2 Å². The fraction of sp³-hybridized carbons (Fsp3) is 0.636. The normalized spacial score (nSPS) is 8.15. The third-order valence-electron chi connectivity index (χ3n) is 1.51. The second-order valence-corrected chi connectivity index (χ2v) is 2.58. The van der Waals surface area contributed by atoms with Gasteiger partial charge in [0.15, 0.2) is 0 Å². The van der Waals surface area contributed by atoms with E-state index in [2.05, 4.69) is 23.7 Å². The Morgan fingerprint density at radius 2 is 1.08 bits per heavy atom. The van der Waals surface area contributed by atoms with Crippen LogP contribution in [0, 0.1) is 23.7 Å². The van der Waals surface area contributed by atoms with Gasteiger partial charge in [0.25, 0.3) is 0 Å². The van der Waals surface area contributed by atoms with Gasteiger partial charge < -0.3 is 10.2 Å². The van der Waals surface area contributed by atoms with Gasteiger partial charge in [0.1, 0.15) is 13.2 Å². The molecule has 2 heteroatoms. The van der Waals surface area contributed by atoms with Crippen molar-refractivity contribution in [3.05, 3.63) is 0 Å². The third kappa shape index (κ3) is 11.0. The lowest BCUT2D eigenvalue weighted by molar-refractivity contribution is 0.350. The molecule has 0 aliphatic rings. The first-order valence-corrected chi connectivity index (χ1v) is 4.55. The highest BCUT2D eigenvalue weighted by Crippen LogP contribution is 2.00. The molecule has 13 heavy (non-hydrogen) atoms. The molecule has 0 saturated heterocycles. The molecule has 0 radical (unpaired) electrons. The minimum absolute atomic E-state index is 0.0397.